The first kappa shape index (κ1) is 16.2. The van der Waals surface area contributed by atoms with E-state index in [0.29, 0.717) is 6.54 Å². The van der Waals surface area contributed by atoms with Gasteiger partial charge in [-0.15, -0.1) is 0 Å². The monoisotopic (exact) mass is 354 g/mol. The van der Waals surface area contributed by atoms with E-state index in [1.807, 2.05) is 18.2 Å². The number of benzene rings is 1. The number of sulfonamides is 1. The van der Waals surface area contributed by atoms with Crippen LogP contribution in [0.4, 0.5) is 0 Å². The molecule has 0 radical (unpaired) electrons. The summed E-state index contributed by atoms with van der Waals surface area (Å²) in [7, 11) is -3.75. The number of nitrogens with one attached hydrogen (secondary N) is 1. The summed E-state index contributed by atoms with van der Waals surface area (Å²) >= 11 is 0. The van der Waals surface area contributed by atoms with Crippen molar-refractivity contribution in [3.8, 4) is 6.07 Å². The topological polar surface area (TPSA) is 86.1 Å². The standard InChI is InChI=1S/C18H18N4O2S/c19-8-13-4-1-2-6-17(13)25(23,24)22-11-14-5-3-7-21-18(14)16-10-20-9-15(16)12-22/h1-7,15-16,20H,9-12H2/t15-,16+/m0/s1. The van der Waals surface area contributed by atoms with Gasteiger partial charge in [0.1, 0.15) is 6.07 Å². The summed E-state index contributed by atoms with van der Waals surface area (Å²) < 4.78 is 28.0. The van der Waals surface area contributed by atoms with Crippen LogP contribution in [-0.2, 0) is 16.6 Å². The lowest BCUT2D eigenvalue weighted by Gasteiger charge is -2.24. The molecule has 0 saturated carbocycles. The van der Waals surface area contributed by atoms with Crippen LogP contribution in [0.2, 0.25) is 0 Å². The minimum atomic E-state index is -3.75. The van der Waals surface area contributed by atoms with Crippen LogP contribution in [0.1, 0.15) is 22.7 Å². The van der Waals surface area contributed by atoms with E-state index >= 15 is 0 Å². The van der Waals surface area contributed by atoms with Crippen LogP contribution in [0.5, 0.6) is 0 Å². The molecule has 0 bridgehead atoms. The zero-order valence-electron chi connectivity index (χ0n) is 13.6. The molecular formula is C18H18N4O2S. The third kappa shape index (κ3) is 2.72. The summed E-state index contributed by atoms with van der Waals surface area (Å²) in [5.74, 6) is 0.405. The molecular weight excluding hydrogens is 336 g/mol. The van der Waals surface area contributed by atoms with Crippen LogP contribution in [-0.4, -0.2) is 37.3 Å². The molecule has 25 heavy (non-hydrogen) atoms. The van der Waals surface area contributed by atoms with Crippen LogP contribution >= 0.6 is 0 Å². The maximum Gasteiger partial charge on any atom is 0.244 e. The van der Waals surface area contributed by atoms with Crippen LogP contribution in [0, 0.1) is 17.2 Å². The highest BCUT2D eigenvalue weighted by Crippen LogP contribution is 2.35. The van der Waals surface area contributed by atoms with Gasteiger partial charge in [0.05, 0.1) is 10.5 Å². The highest BCUT2D eigenvalue weighted by atomic mass is 32.2. The van der Waals surface area contributed by atoms with E-state index in [1.54, 1.807) is 24.4 Å². The number of fused-ring (bicyclic) bond motifs is 3. The number of aromatic nitrogens is 1. The van der Waals surface area contributed by atoms with Gasteiger partial charge in [-0.05, 0) is 36.2 Å². The van der Waals surface area contributed by atoms with Gasteiger partial charge in [-0.2, -0.15) is 9.57 Å². The molecule has 0 unspecified atom stereocenters. The van der Waals surface area contributed by atoms with E-state index in [0.717, 1.165) is 24.3 Å². The lowest BCUT2D eigenvalue weighted by molar-refractivity contribution is 0.349. The Kier molecular flexibility index (Phi) is 4.04. The molecule has 1 fully saturated rings. The predicted octanol–water partition coefficient (Wildman–Crippen LogP) is 1.46. The van der Waals surface area contributed by atoms with Crippen LogP contribution in [0.15, 0.2) is 47.5 Å². The van der Waals surface area contributed by atoms with E-state index in [2.05, 4.69) is 10.3 Å². The number of rotatable bonds is 2. The molecule has 2 aliphatic rings. The maximum atomic E-state index is 13.3. The summed E-state index contributed by atoms with van der Waals surface area (Å²) in [6.07, 6.45) is 1.77. The fraction of sp³-hybridized carbons (Fsp3) is 0.333. The van der Waals surface area contributed by atoms with Gasteiger partial charge in [0, 0.05) is 37.4 Å². The van der Waals surface area contributed by atoms with Gasteiger partial charge >= 0.3 is 0 Å². The van der Waals surface area contributed by atoms with Gasteiger partial charge in [-0.3, -0.25) is 4.98 Å². The lowest BCUT2D eigenvalue weighted by atomic mass is 9.91. The molecule has 4 rings (SSSR count). The first-order valence-corrected chi connectivity index (χ1v) is 9.69. The number of pyridine rings is 1. The zero-order valence-corrected chi connectivity index (χ0v) is 14.4. The van der Waals surface area contributed by atoms with E-state index in [1.165, 1.54) is 10.4 Å². The van der Waals surface area contributed by atoms with Gasteiger partial charge in [-0.1, -0.05) is 18.2 Å². The molecule has 3 heterocycles. The quantitative estimate of drug-likeness (QED) is 0.882. The minimum Gasteiger partial charge on any atom is -0.316 e. The molecule has 2 aromatic rings. The fourth-order valence-corrected chi connectivity index (χ4v) is 5.40. The second kappa shape index (κ2) is 6.23. The normalized spacial score (nSPS) is 23.3. The molecule has 1 saturated heterocycles. The fourth-order valence-electron chi connectivity index (χ4n) is 3.79. The summed E-state index contributed by atoms with van der Waals surface area (Å²) in [5, 5.41) is 12.6. The average molecular weight is 354 g/mol. The van der Waals surface area contributed by atoms with E-state index < -0.39 is 10.0 Å². The molecule has 1 N–H and O–H groups in total. The number of nitriles is 1. The summed E-state index contributed by atoms with van der Waals surface area (Å²) in [4.78, 5) is 4.61. The van der Waals surface area contributed by atoms with Crippen molar-refractivity contribution in [1.29, 1.82) is 5.26 Å². The van der Waals surface area contributed by atoms with E-state index in [4.69, 9.17) is 0 Å². The van der Waals surface area contributed by atoms with Crippen molar-refractivity contribution in [2.75, 3.05) is 19.6 Å². The SMILES string of the molecule is N#Cc1ccccc1S(=O)(=O)N1Cc2cccnc2[C@@H]2CNC[C@H]2C1. The Hall–Kier alpha value is -2.27. The van der Waals surface area contributed by atoms with Crippen LogP contribution < -0.4 is 5.32 Å². The Balaban J connectivity index is 1.80. The van der Waals surface area contributed by atoms with Crippen molar-refractivity contribution in [2.24, 2.45) is 5.92 Å². The van der Waals surface area contributed by atoms with Crippen molar-refractivity contribution in [3.63, 3.8) is 0 Å². The molecule has 0 amide bonds. The number of hydrogen-bond acceptors (Lipinski definition) is 5. The molecule has 0 spiro atoms. The maximum absolute atomic E-state index is 13.3. The number of hydrogen-bond donors (Lipinski definition) is 1. The van der Waals surface area contributed by atoms with Crippen molar-refractivity contribution in [3.05, 3.63) is 59.4 Å². The minimum absolute atomic E-state index is 0.0762. The molecule has 2 aliphatic heterocycles. The highest BCUT2D eigenvalue weighted by molar-refractivity contribution is 7.89. The molecule has 1 aromatic carbocycles. The van der Waals surface area contributed by atoms with Gasteiger partial charge in [0.2, 0.25) is 10.0 Å². The summed E-state index contributed by atoms with van der Waals surface area (Å²) in [6.45, 7) is 2.30. The number of nitrogens with zero attached hydrogens (tertiary/aromatic N) is 3. The molecule has 6 nitrogen and oxygen atoms in total. The second-order valence-electron chi connectivity index (χ2n) is 6.48. The third-order valence-corrected chi connectivity index (χ3v) is 6.90. The summed E-state index contributed by atoms with van der Waals surface area (Å²) in [5.41, 5.74) is 2.11. The van der Waals surface area contributed by atoms with E-state index in [9.17, 15) is 13.7 Å². The summed E-state index contributed by atoms with van der Waals surface area (Å²) in [6, 6.07) is 12.2. The van der Waals surface area contributed by atoms with Crippen molar-refractivity contribution < 1.29 is 8.42 Å². The molecule has 128 valence electrons. The third-order valence-electron chi connectivity index (χ3n) is 5.03. The van der Waals surface area contributed by atoms with Crippen LogP contribution in [0.3, 0.4) is 0 Å². The van der Waals surface area contributed by atoms with Gasteiger partial charge in [0.25, 0.3) is 0 Å². The Bertz CT molecular complexity index is 952. The highest BCUT2D eigenvalue weighted by Gasteiger charge is 2.39. The van der Waals surface area contributed by atoms with Gasteiger partial charge in [-0.25, -0.2) is 8.42 Å². The largest absolute Gasteiger partial charge is 0.316 e. The van der Waals surface area contributed by atoms with Crippen LogP contribution in [0.25, 0.3) is 0 Å². The smallest absolute Gasteiger partial charge is 0.244 e. The van der Waals surface area contributed by atoms with E-state index in [-0.39, 0.29) is 28.8 Å². The first-order chi connectivity index (χ1) is 12.1. The zero-order chi connectivity index (χ0) is 17.4. The lowest BCUT2D eigenvalue weighted by Crippen LogP contribution is -2.35. The van der Waals surface area contributed by atoms with Crippen molar-refractivity contribution in [2.45, 2.75) is 17.4 Å². The second-order valence-corrected chi connectivity index (χ2v) is 8.38. The Labute approximate surface area is 147 Å². The Morgan fingerprint density at radius 3 is 2.88 bits per heavy atom. The molecule has 1 aromatic heterocycles. The predicted molar refractivity (Wildman–Crippen MR) is 92.1 cm³/mol. The molecule has 0 aliphatic carbocycles. The average Bonchev–Trinajstić information content (AvgIpc) is 3.03. The Morgan fingerprint density at radius 2 is 2.04 bits per heavy atom. The molecule has 7 heteroatoms. The van der Waals surface area contributed by atoms with Crippen molar-refractivity contribution in [1.82, 2.24) is 14.6 Å². The Morgan fingerprint density at radius 1 is 1.20 bits per heavy atom. The first-order valence-electron chi connectivity index (χ1n) is 8.25. The van der Waals surface area contributed by atoms with Gasteiger partial charge < -0.3 is 5.32 Å². The van der Waals surface area contributed by atoms with Crippen molar-refractivity contribution >= 4 is 10.0 Å². The van der Waals surface area contributed by atoms with Gasteiger partial charge in [0.15, 0.2) is 0 Å². The molecule has 2 atom stereocenters.